The topological polar surface area (TPSA) is 81.7 Å². The van der Waals surface area contributed by atoms with Crippen molar-refractivity contribution in [2.45, 2.75) is 25.3 Å². The molecule has 1 saturated heterocycles. The fourth-order valence-electron chi connectivity index (χ4n) is 2.06. The highest BCUT2D eigenvalue weighted by molar-refractivity contribution is 6.31. The molecule has 0 radical (unpaired) electrons. The molecular formula is C15H17NO5. The molecule has 1 atom stereocenters. The Hall–Kier alpha value is -2.21. The molecule has 21 heavy (non-hydrogen) atoms. The lowest BCUT2D eigenvalue weighted by Crippen LogP contribution is -2.36. The van der Waals surface area contributed by atoms with Gasteiger partial charge in [0.2, 0.25) is 0 Å². The minimum atomic E-state index is -1.26. The van der Waals surface area contributed by atoms with Crippen molar-refractivity contribution in [2.24, 2.45) is 0 Å². The number of carbonyl (C=O) groups is 3. The second kappa shape index (κ2) is 7.54. The van der Waals surface area contributed by atoms with E-state index < -0.39 is 23.9 Å². The maximum atomic E-state index is 11.5. The lowest BCUT2D eigenvalue weighted by Gasteiger charge is -2.08. The van der Waals surface area contributed by atoms with Gasteiger partial charge >= 0.3 is 17.9 Å². The van der Waals surface area contributed by atoms with Crippen LogP contribution >= 0.6 is 0 Å². The van der Waals surface area contributed by atoms with Crippen LogP contribution in [0.15, 0.2) is 30.3 Å². The third kappa shape index (κ3) is 4.68. The number of carbonyl (C=O) groups excluding carboxylic acids is 3. The molecule has 0 aliphatic carbocycles. The third-order valence-electron chi connectivity index (χ3n) is 3.17. The van der Waals surface area contributed by atoms with Crippen molar-refractivity contribution in [2.75, 3.05) is 13.2 Å². The fourth-order valence-corrected chi connectivity index (χ4v) is 2.06. The van der Waals surface area contributed by atoms with E-state index in [9.17, 15) is 14.4 Å². The lowest BCUT2D eigenvalue weighted by atomic mass is 10.2. The summed E-state index contributed by atoms with van der Waals surface area (Å²) in [6.07, 6.45) is 1.95. The Balaban J connectivity index is 1.70. The monoisotopic (exact) mass is 291 g/mol. The Kier molecular flexibility index (Phi) is 5.45. The minimum absolute atomic E-state index is 0.0633. The molecule has 6 heteroatoms. The fraction of sp³-hybridized carbons (Fsp3) is 0.400. The predicted octanol–water partition coefficient (Wildman–Crippen LogP) is 0.594. The van der Waals surface area contributed by atoms with Crippen LogP contribution in [0.1, 0.15) is 18.4 Å². The van der Waals surface area contributed by atoms with Gasteiger partial charge in [0.15, 0.2) is 0 Å². The first-order valence-electron chi connectivity index (χ1n) is 6.87. The van der Waals surface area contributed by atoms with Gasteiger partial charge in [-0.05, 0) is 24.9 Å². The number of nitrogens with one attached hydrogen (secondary N) is 1. The summed E-state index contributed by atoms with van der Waals surface area (Å²) in [7, 11) is 0. The van der Waals surface area contributed by atoms with Crippen molar-refractivity contribution in [1.82, 2.24) is 5.32 Å². The van der Waals surface area contributed by atoms with Gasteiger partial charge in [-0.3, -0.25) is 0 Å². The molecule has 0 spiro atoms. The molecule has 1 aromatic rings. The van der Waals surface area contributed by atoms with Crippen LogP contribution in [0, 0.1) is 0 Å². The van der Waals surface area contributed by atoms with Crippen molar-refractivity contribution in [3.05, 3.63) is 35.9 Å². The Morgan fingerprint density at radius 3 is 2.57 bits per heavy atom. The van der Waals surface area contributed by atoms with Crippen LogP contribution in [0.2, 0.25) is 0 Å². The van der Waals surface area contributed by atoms with E-state index in [0.29, 0.717) is 19.4 Å². The first-order valence-corrected chi connectivity index (χ1v) is 6.87. The van der Waals surface area contributed by atoms with Crippen molar-refractivity contribution in [1.29, 1.82) is 0 Å². The Bertz CT molecular complexity index is 508. The number of ether oxygens (including phenoxy) is 2. The highest BCUT2D eigenvalue weighted by Gasteiger charge is 2.28. The zero-order chi connectivity index (χ0) is 15.1. The van der Waals surface area contributed by atoms with E-state index in [1.165, 1.54) is 0 Å². The molecule has 0 aromatic heterocycles. The molecular weight excluding hydrogens is 274 g/mol. The molecule has 0 amide bonds. The lowest BCUT2D eigenvalue weighted by molar-refractivity contribution is -0.174. The molecule has 6 nitrogen and oxygen atoms in total. The summed E-state index contributed by atoms with van der Waals surface area (Å²) in [6.45, 7) is 0.767. The molecule has 0 bridgehead atoms. The maximum absolute atomic E-state index is 11.5. The quantitative estimate of drug-likeness (QED) is 0.497. The summed E-state index contributed by atoms with van der Waals surface area (Å²) in [5.74, 6) is -3.13. The van der Waals surface area contributed by atoms with Crippen LogP contribution in [0.25, 0.3) is 0 Å². The smallest absolute Gasteiger partial charge is 0.425 e. The van der Waals surface area contributed by atoms with Gasteiger partial charge in [-0.2, -0.15) is 0 Å². The van der Waals surface area contributed by atoms with Crippen molar-refractivity contribution < 1.29 is 23.9 Å². The average molecular weight is 291 g/mol. The van der Waals surface area contributed by atoms with E-state index in [-0.39, 0.29) is 6.61 Å². The second-order valence-corrected chi connectivity index (χ2v) is 4.73. The standard InChI is InChI=1S/C15H17NO5/c17-13(12-7-4-9-16-12)21-15(19)14(18)20-10-8-11-5-2-1-3-6-11/h1-3,5-6,12,16H,4,7-10H2/t12-/m0/s1. The van der Waals surface area contributed by atoms with Crippen molar-refractivity contribution in [3.63, 3.8) is 0 Å². The van der Waals surface area contributed by atoms with Gasteiger partial charge in [0.05, 0.1) is 6.61 Å². The summed E-state index contributed by atoms with van der Waals surface area (Å²) >= 11 is 0. The van der Waals surface area contributed by atoms with E-state index in [0.717, 1.165) is 12.0 Å². The van der Waals surface area contributed by atoms with E-state index in [4.69, 9.17) is 4.74 Å². The summed E-state index contributed by atoms with van der Waals surface area (Å²) in [6, 6.07) is 8.90. The average Bonchev–Trinajstić information content (AvgIpc) is 3.02. The second-order valence-electron chi connectivity index (χ2n) is 4.73. The summed E-state index contributed by atoms with van der Waals surface area (Å²) < 4.78 is 9.27. The van der Waals surface area contributed by atoms with E-state index in [2.05, 4.69) is 10.1 Å². The number of rotatable bonds is 4. The highest BCUT2D eigenvalue weighted by atomic mass is 16.6. The van der Waals surface area contributed by atoms with Crippen molar-refractivity contribution >= 4 is 17.9 Å². The van der Waals surface area contributed by atoms with Crippen LogP contribution in [0.3, 0.4) is 0 Å². The highest BCUT2D eigenvalue weighted by Crippen LogP contribution is 2.07. The summed E-state index contributed by atoms with van der Waals surface area (Å²) in [4.78, 5) is 34.4. The normalized spacial score (nSPS) is 17.2. The SMILES string of the molecule is O=C(OCCc1ccccc1)C(=O)OC(=O)[C@@H]1CCCN1. The molecule has 0 unspecified atom stereocenters. The van der Waals surface area contributed by atoms with Gasteiger partial charge in [-0.15, -0.1) is 0 Å². The van der Waals surface area contributed by atoms with Crippen LogP contribution in [0.4, 0.5) is 0 Å². The molecule has 1 heterocycles. The Morgan fingerprint density at radius 1 is 1.14 bits per heavy atom. The Morgan fingerprint density at radius 2 is 1.90 bits per heavy atom. The van der Waals surface area contributed by atoms with Crippen LogP contribution < -0.4 is 5.32 Å². The van der Waals surface area contributed by atoms with Crippen LogP contribution in [-0.2, 0) is 30.3 Å². The van der Waals surface area contributed by atoms with Crippen LogP contribution in [0.5, 0.6) is 0 Å². The van der Waals surface area contributed by atoms with Crippen molar-refractivity contribution in [3.8, 4) is 0 Å². The molecule has 1 aromatic carbocycles. The summed E-state index contributed by atoms with van der Waals surface area (Å²) in [5.41, 5.74) is 0.991. The van der Waals surface area contributed by atoms with Gasteiger partial charge in [0.1, 0.15) is 6.04 Å². The number of hydrogen-bond donors (Lipinski definition) is 1. The van der Waals surface area contributed by atoms with Gasteiger partial charge in [-0.1, -0.05) is 30.3 Å². The molecule has 1 aliphatic heterocycles. The molecule has 2 rings (SSSR count). The largest absolute Gasteiger partial charge is 0.457 e. The zero-order valence-corrected chi connectivity index (χ0v) is 11.5. The maximum Gasteiger partial charge on any atom is 0.425 e. The van der Waals surface area contributed by atoms with Gasteiger partial charge in [0, 0.05) is 6.42 Å². The molecule has 1 fully saturated rings. The zero-order valence-electron chi connectivity index (χ0n) is 11.5. The first-order chi connectivity index (χ1) is 10.2. The molecule has 1 aliphatic rings. The summed E-state index contributed by atoms with van der Waals surface area (Å²) in [5, 5.41) is 2.89. The third-order valence-corrected chi connectivity index (χ3v) is 3.17. The predicted molar refractivity (Wildman–Crippen MR) is 73.2 cm³/mol. The number of hydrogen-bond acceptors (Lipinski definition) is 6. The van der Waals surface area contributed by atoms with Gasteiger partial charge < -0.3 is 14.8 Å². The van der Waals surface area contributed by atoms with E-state index in [1.54, 1.807) is 0 Å². The Labute approximate surface area is 122 Å². The van der Waals surface area contributed by atoms with Crippen LogP contribution in [-0.4, -0.2) is 37.1 Å². The van der Waals surface area contributed by atoms with E-state index in [1.807, 2.05) is 30.3 Å². The minimum Gasteiger partial charge on any atom is -0.457 e. The number of esters is 3. The molecule has 0 saturated carbocycles. The first kappa shape index (κ1) is 15.2. The molecule has 1 N–H and O–H groups in total. The number of benzene rings is 1. The van der Waals surface area contributed by atoms with E-state index >= 15 is 0 Å². The van der Waals surface area contributed by atoms with Gasteiger partial charge in [0.25, 0.3) is 0 Å². The van der Waals surface area contributed by atoms with Gasteiger partial charge in [-0.25, -0.2) is 14.4 Å². The molecule has 112 valence electrons.